The second kappa shape index (κ2) is 10.2. The van der Waals surface area contributed by atoms with Gasteiger partial charge in [-0.05, 0) is 49.9 Å². The van der Waals surface area contributed by atoms with Gasteiger partial charge in [-0.1, -0.05) is 36.4 Å². The van der Waals surface area contributed by atoms with Crippen LogP contribution in [0.25, 0.3) is 11.3 Å². The predicted molar refractivity (Wildman–Crippen MR) is 127 cm³/mol. The first-order chi connectivity index (χ1) is 14.8. The van der Waals surface area contributed by atoms with E-state index >= 15 is 0 Å². The summed E-state index contributed by atoms with van der Waals surface area (Å²) in [7, 11) is 1.61. The van der Waals surface area contributed by atoms with Crippen molar-refractivity contribution in [2.45, 2.75) is 27.2 Å². The van der Waals surface area contributed by atoms with Gasteiger partial charge in [0, 0.05) is 30.2 Å². The van der Waals surface area contributed by atoms with Crippen LogP contribution in [-0.2, 0) is 11.2 Å². The molecule has 0 fully saturated rings. The number of amides is 3. The number of rotatable bonds is 7. The Labute approximate surface area is 187 Å². The van der Waals surface area contributed by atoms with E-state index in [4.69, 9.17) is 0 Å². The Morgan fingerprint density at radius 3 is 2.48 bits per heavy atom. The van der Waals surface area contributed by atoms with Gasteiger partial charge in [0.15, 0.2) is 0 Å². The van der Waals surface area contributed by atoms with Crippen molar-refractivity contribution in [3.8, 4) is 11.3 Å². The van der Waals surface area contributed by atoms with Crippen molar-refractivity contribution in [3.63, 3.8) is 0 Å². The molecule has 0 aliphatic carbocycles. The number of aromatic nitrogens is 1. The van der Waals surface area contributed by atoms with Crippen LogP contribution >= 0.6 is 11.3 Å². The van der Waals surface area contributed by atoms with Crippen LogP contribution in [0.4, 0.5) is 10.5 Å². The van der Waals surface area contributed by atoms with Crippen LogP contribution in [0.15, 0.2) is 47.8 Å². The zero-order valence-corrected chi connectivity index (χ0v) is 19.2. The highest BCUT2D eigenvalue weighted by Gasteiger charge is 2.13. The number of thiazole rings is 1. The second-order valence-corrected chi connectivity index (χ2v) is 8.64. The van der Waals surface area contributed by atoms with Crippen LogP contribution in [0.3, 0.4) is 0 Å². The minimum Gasteiger partial charge on any atom is -0.338 e. The molecule has 7 heteroatoms. The van der Waals surface area contributed by atoms with Gasteiger partial charge in [0.25, 0.3) is 0 Å². The summed E-state index contributed by atoms with van der Waals surface area (Å²) in [6.07, 6.45) is 0.713. The molecule has 0 unspecified atom stereocenters. The number of hydrogen-bond acceptors (Lipinski definition) is 4. The number of anilines is 1. The molecule has 31 heavy (non-hydrogen) atoms. The maximum absolute atomic E-state index is 12.3. The van der Waals surface area contributed by atoms with Crippen LogP contribution in [0, 0.1) is 20.8 Å². The molecule has 0 atom stereocenters. The molecule has 0 saturated heterocycles. The molecular weight excluding hydrogens is 408 g/mol. The summed E-state index contributed by atoms with van der Waals surface area (Å²) in [4.78, 5) is 30.5. The number of carbonyl (C=O) groups excluding carboxylic acids is 2. The molecule has 2 aromatic carbocycles. The molecule has 162 valence electrons. The first-order valence-corrected chi connectivity index (χ1v) is 11.1. The SMILES string of the molecule is Cc1nc(-c2ccc(CCNC(=O)N(C)CC(=O)Nc3cccc(C)c3C)cc2)cs1. The Balaban J connectivity index is 1.43. The monoisotopic (exact) mass is 436 g/mol. The lowest BCUT2D eigenvalue weighted by molar-refractivity contribution is -0.116. The second-order valence-electron chi connectivity index (χ2n) is 7.58. The van der Waals surface area contributed by atoms with E-state index < -0.39 is 0 Å². The van der Waals surface area contributed by atoms with Crippen LogP contribution in [0.2, 0.25) is 0 Å². The Bertz CT molecular complexity index is 1060. The van der Waals surface area contributed by atoms with Crippen LogP contribution in [0.5, 0.6) is 0 Å². The van der Waals surface area contributed by atoms with E-state index in [1.807, 2.05) is 39.0 Å². The van der Waals surface area contributed by atoms with Crippen LogP contribution < -0.4 is 10.6 Å². The number of nitrogens with one attached hydrogen (secondary N) is 2. The fourth-order valence-electron chi connectivity index (χ4n) is 3.15. The molecule has 3 amide bonds. The zero-order chi connectivity index (χ0) is 22.4. The first-order valence-electron chi connectivity index (χ1n) is 10.2. The largest absolute Gasteiger partial charge is 0.338 e. The predicted octanol–water partition coefficient (Wildman–Crippen LogP) is 4.56. The van der Waals surface area contributed by atoms with Crippen molar-refractivity contribution in [2.75, 3.05) is 25.5 Å². The summed E-state index contributed by atoms with van der Waals surface area (Å²) < 4.78 is 0. The van der Waals surface area contributed by atoms with Crippen molar-refractivity contribution >= 4 is 29.0 Å². The highest BCUT2D eigenvalue weighted by atomic mass is 32.1. The molecule has 0 spiro atoms. The van der Waals surface area contributed by atoms with Crippen LogP contribution in [0.1, 0.15) is 21.7 Å². The van der Waals surface area contributed by atoms with Gasteiger partial charge in [-0.3, -0.25) is 4.79 Å². The minimum atomic E-state index is -0.273. The van der Waals surface area contributed by atoms with Gasteiger partial charge in [0.1, 0.15) is 6.54 Å². The molecule has 0 radical (unpaired) electrons. The molecular formula is C24H28N4O2S. The third-order valence-corrected chi connectivity index (χ3v) is 5.94. The molecule has 3 rings (SSSR count). The van der Waals surface area contributed by atoms with Crippen molar-refractivity contribution in [1.82, 2.24) is 15.2 Å². The molecule has 0 aliphatic rings. The lowest BCUT2D eigenvalue weighted by atomic mass is 10.1. The zero-order valence-electron chi connectivity index (χ0n) is 18.4. The standard InChI is InChI=1S/C24H28N4O2S/c1-16-6-5-7-21(17(16)2)27-23(29)14-28(4)24(30)25-13-12-19-8-10-20(11-9-19)22-15-31-18(3)26-22/h5-11,15H,12-14H2,1-4H3,(H,25,30)(H,27,29). The highest BCUT2D eigenvalue weighted by molar-refractivity contribution is 7.09. The number of nitrogens with zero attached hydrogens (tertiary/aromatic N) is 2. The van der Waals surface area contributed by atoms with Gasteiger partial charge < -0.3 is 15.5 Å². The number of aryl methyl sites for hydroxylation is 2. The third-order valence-electron chi connectivity index (χ3n) is 5.16. The van der Waals surface area contributed by atoms with E-state index in [9.17, 15) is 9.59 Å². The van der Waals surface area contributed by atoms with E-state index in [1.54, 1.807) is 18.4 Å². The van der Waals surface area contributed by atoms with E-state index in [-0.39, 0.29) is 18.5 Å². The van der Waals surface area contributed by atoms with Gasteiger partial charge in [-0.15, -0.1) is 11.3 Å². The summed E-state index contributed by atoms with van der Waals surface area (Å²) in [5.41, 5.74) is 6.12. The lowest BCUT2D eigenvalue weighted by Gasteiger charge is -2.18. The smallest absolute Gasteiger partial charge is 0.317 e. The van der Waals surface area contributed by atoms with E-state index in [0.29, 0.717) is 13.0 Å². The van der Waals surface area contributed by atoms with Gasteiger partial charge in [-0.2, -0.15) is 0 Å². The van der Waals surface area contributed by atoms with Gasteiger partial charge in [-0.25, -0.2) is 9.78 Å². The topological polar surface area (TPSA) is 74.3 Å². The van der Waals surface area contributed by atoms with Crippen molar-refractivity contribution in [3.05, 3.63) is 69.5 Å². The third kappa shape index (κ3) is 6.15. The quantitative estimate of drug-likeness (QED) is 0.570. The summed E-state index contributed by atoms with van der Waals surface area (Å²) in [6, 6.07) is 13.7. The molecule has 3 aromatic rings. The summed E-state index contributed by atoms with van der Waals surface area (Å²) in [6.45, 7) is 6.44. The Kier molecular flexibility index (Phi) is 7.41. The van der Waals surface area contributed by atoms with Gasteiger partial charge in [0.05, 0.1) is 10.7 Å². The number of carbonyl (C=O) groups is 2. The lowest BCUT2D eigenvalue weighted by Crippen LogP contribution is -2.42. The molecule has 2 N–H and O–H groups in total. The molecule has 0 bridgehead atoms. The van der Waals surface area contributed by atoms with Gasteiger partial charge in [0.2, 0.25) is 5.91 Å². The minimum absolute atomic E-state index is 0.0129. The molecule has 6 nitrogen and oxygen atoms in total. The van der Waals surface area contributed by atoms with Crippen molar-refractivity contribution in [2.24, 2.45) is 0 Å². The molecule has 1 aromatic heterocycles. The van der Waals surface area contributed by atoms with Gasteiger partial charge >= 0.3 is 6.03 Å². The number of benzene rings is 2. The van der Waals surface area contributed by atoms with E-state index in [2.05, 4.69) is 45.3 Å². The van der Waals surface area contributed by atoms with E-state index in [1.165, 1.54) is 4.90 Å². The Morgan fingerprint density at radius 2 is 1.81 bits per heavy atom. The fraction of sp³-hybridized carbons (Fsp3) is 0.292. The summed E-state index contributed by atoms with van der Waals surface area (Å²) >= 11 is 1.64. The highest BCUT2D eigenvalue weighted by Crippen LogP contribution is 2.22. The summed E-state index contributed by atoms with van der Waals surface area (Å²) in [5, 5.41) is 8.84. The number of hydrogen-bond donors (Lipinski definition) is 2. The fourth-order valence-corrected chi connectivity index (χ4v) is 3.77. The number of urea groups is 1. The maximum atomic E-state index is 12.3. The van der Waals surface area contributed by atoms with Crippen LogP contribution in [-0.4, -0.2) is 42.0 Å². The molecule has 0 saturated carbocycles. The average Bonchev–Trinajstić information content (AvgIpc) is 3.18. The number of likely N-dealkylation sites (N-methyl/N-ethyl adjacent to an activating group) is 1. The Morgan fingerprint density at radius 1 is 1.06 bits per heavy atom. The average molecular weight is 437 g/mol. The summed E-state index contributed by atoms with van der Waals surface area (Å²) in [5.74, 6) is -0.223. The first kappa shape index (κ1) is 22.5. The maximum Gasteiger partial charge on any atom is 0.317 e. The molecule has 1 heterocycles. The van der Waals surface area contributed by atoms with E-state index in [0.717, 1.165) is 38.6 Å². The molecule has 0 aliphatic heterocycles. The Hall–Kier alpha value is -3.19. The van der Waals surface area contributed by atoms with Crippen molar-refractivity contribution in [1.29, 1.82) is 0 Å². The van der Waals surface area contributed by atoms with Crippen molar-refractivity contribution < 1.29 is 9.59 Å². The normalized spacial score (nSPS) is 10.6.